The zero-order chi connectivity index (χ0) is 16.9. The third-order valence-electron chi connectivity index (χ3n) is 3.75. The van der Waals surface area contributed by atoms with Crippen LogP contribution < -0.4 is 0 Å². The molecule has 0 atom stereocenters. The van der Waals surface area contributed by atoms with Gasteiger partial charge >= 0.3 is 0 Å². The van der Waals surface area contributed by atoms with Gasteiger partial charge < -0.3 is 0 Å². The van der Waals surface area contributed by atoms with Gasteiger partial charge in [-0.3, -0.25) is 4.90 Å². The van der Waals surface area contributed by atoms with Gasteiger partial charge in [0.2, 0.25) is 0 Å². The largest absolute Gasteiger partial charge is 0.298 e. The van der Waals surface area contributed by atoms with Gasteiger partial charge in [0.15, 0.2) is 0 Å². The van der Waals surface area contributed by atoms with Gasteiger partial charge in [-0.15, -0.1) is 17.9 Å². The number of halogens is 1. The molecule has 0 saturated carbocycles. The molecule has 0 saturated heterocycles. The Hall–Kier alpha value is -2.30. The first kappa shape index (κ1) is 16.6. The minimum absolute atomic E-state index is 0.237. The van der Waals surface area contributed by atoms with Gasteiger partial charge in [-0.2, -0.15) is 0 Å². The highest BCUT2D eigenvalue weighted by atomic mass is 32.1. The lowest BCUT2D eigenvalue weighted by Gasteiger charge is -2.14. The van der Waals surface area contributed by atoms with Crippen molar-refractivity contribution in [3.8, 4) is 21.8 Å². The molecule has 2 nitrogen and oxygen atoms in total. The highest BCUT2D eigenvalue weighted by Crippen LogP contribution is 2.30. The van der Waals surface area contributed by atoms with Crippen LogP contribution in [-0.2, 0) is 6.54 Å². The number of rotatable bonds is 6. The summed E-state index contributed by atoms with van der Waals surface area (Å²) in [4.78, 5) is 6.78. The van der Waals surface area contributed by atoms with Gasteiger partial charge in [0.25, 0.3) is 0 Å². The summed E-state index contributed by atoms with van der Waals surface area (Å²) in [5, 5.41) is 2.68. The molecule has 0 fully saturated rings. The molecule has 0 unspecified atom stereocenters. The van der Waals surface area contributed by atoms with Crippen LogP contribution in [0.15, 0.2) is 66.6 Å². The predicted molar refractivity (Wildman–Crippen MR) is 99.5 cm³/mol. The molecule has 0 aliphatic carbocycles. The first-order chi connectivity index (χ1) is 11.7. The number of hydrogen-bond acceptors (Lipinski definition) is 3. The Bertz CT molecular complexity index is 824. The standard InChI is InChI=1S/C20H19FN2S/c1-3-12-23(2)13-15-8-10-16(11-9-15)19-14-24-20(22-19)17-6-4-5-7-18(17)21/h3-11,14H,1,12-13H2,2H3. The second kappa shape index (κ2) is 7.51. The minimum Gasteiger partial charge on any atom is -0.298 e. The molecule has 4 heteroatoms. The summed E-state index contributed by atoms with van der Waals surface area (Å²) in [6.45, 7) is 5.49. The van der Waals surface area contributed by atoms with E-state index in [0.29, 0.717) is 10.6 Å². The van der Waals surface area contributed by atoms with Gasteiger partial charge in [0.05, 0.1) is 5.69 Å². The van der Waals surface area contributed by atoms with E-state index in [2.05, 4.69) is 47.8 Å². The maximum Gasteiger partial charge on any atom is 0.133 e. The SMILES string of the molecule is C=CCN(C)Cc1ccc(-c2csc(-c3ccccc3F)n2)cc1. The number of aromatic nitrogens is 1. The smallest absolute Gasteiger partial charge is 0.133 e. The molecule has 1 heterocycles. The Balaban J connectivity index is 1.78. The summed E-state index contributed by atoms with van der Waals surface area (Å²) >= 11 is 1.46. The summed E-state index contributed by atoms with van der Waals surface area (Å²) in [6, 6.07) is 15.1. The van der Waals surface area contributed by atoms with E-state index >= 15 is 0 Å². The molecular formula is C20H19FN2S. The van der Waals surface area contributed by atoms with E-state index in [-0.39, 0.29) is 5.82 Å². The summed E-state index contributed by atoms with van der Waals surface area (Å²) in [5.74, 6) is -0.237. The number of hydrogen-bond donors (Lipinski definition) is 0. The molecule has 0 aliphatic rings. The van der Waals surface area contributed by atoms with Crippen LogP contribution in [-0.4, -0.2) is 23.5 Å². The molecule has 3 rings (SSSR count). The van der Waals surface area contributed by atoms with E-state index in [4.69, 9.17) is 0 Å². The number of nitrogens with zero attached hydrogens (tertiary/aromatic N) is 2. The van der Waals surface area contributed by atoms with Crippen molar-refractivity contribution in [2.45, 2.75) is 6.54 Å². The van der Waals surface area contributed by atoms with E-state index < -0.39 is 0 Å². The Kier molecular flexibility index (Phi) is 5.18. The molecule has 0 spiro atoms. The van der Waals surface area contributed by atoms with Crippen LogP contribution in [0.1, 0.15) is 5.56 Å². The Morgan fingerprint density at radius 1 is 1.17 bits per heavy atom. The van der Waals surface area contributed by atoms with Crippen LogP contribution in [0.25, 0.3) is 21.8 Å². The van der Waals surface area contributed by atoms with E-state index in [1.165, 1.54) is 23.0 Å². The first-order valence-electron chi connectivity index (χ1n) is 7.76. The molecule has 3 aromatic rings. The average molecular weight is 338 g/mol. The zero-order valence-electron chi connectivity index (χ0n) is 13.6. The summed E-state index contributed by atoms with van der Waals surface area (Å²) in [5.41, 5.74) is 3.72. The molecule has 0 bridgehead atoms. The van der Waals surface area contributed by atoms with Crippen molar-refractivity contribution < 1.29 is 4.39 Å². The van der Waals surface area contributed by atoms with Crippen LogP contribution >= 0.6 is 11.3 Å². The van der Waals surface area contributed by atoms with Crippen LogP contribution in [0.4, 0.5) is 4.39 Å². The zero-order valence-corrected chi connectivity index (χ0v) is 14.4. The van der Waals surface area contributed by atoms with E-state index in [9.17, 15) is 4.39 Å². The lowest BCUT2D eigenvalue weighted by Crippen LogP contribution is -2.17. The number of benzene rings is 2. The Morgan fingerprint density at radius 3 is 2.62 bits per heavy atom. The maximum atomic E-state index is 13.9. The minimum atomic E-state index is -0.237. The van der Waals surface area contributed by atoms with Crippen molar-refractivity contribution in [3.63, 3.8) is 0 Å². The van der Waals surface area contributed by atoms with Crippen molar-refractivity contribution in [2.75, 3.05) is 13.6 Å². The van der Waals surface area contributed by atoms with Crippen molar-refractivity contribution in [1.82, 2.24) is 9.88 Å². The molecule has 1 aromatic heterocycles. The fourth-order valence-corrected chi connectivity index (χ4v) is 3.40. The van der Waals surface area contributed by atoms with Crippen molar-refractivity contribution in [2.24, 2.45) is 0 Å². The lowest BCUT2D eigenvalue weighted by molar-refractivity contribution is 0.364. The van der Waals surface area contributed by atoms with Crippen LogP contribution in [0, 0.1) is 5.82 Å². The van der Waals surface area contributed by atoms with Gasteiger partial charge in [-0.25, -0.2) is 9.37 Å². The number of thiazole rings is 1. The average Bonchev–Trinajstić information content (AvgIpc) is 3.06. The molecular weight excluding hydrogens is 319 g/mol. The van der Waals surface area contributed by atoms with Crippen LogP contribution in [0.3, 0.4) is 0 Å². The quantitative estimate of drug-likeness (QED) is 0.572. The van der Waals surface area contributed by atoms with Crippen molar-refractivity contribution in [3.05, 3.63) is 77.9 Å². The second-order valence-corrected chi connectivity index (χ2v) is 6.56. The molecule has 122 valence electrons. The Labute approximate surface area is 145 Å². The van der Waals surface area contributed by atoms with E-state index in [1.807, 2.05) is 17.5 Å². The molecule has 0 amide bonds. The van der Waals surface area contributed by atoms with Crippen LogP contribution in [0.5, 0.6) is 0 Å². The van der Waals surface area contributed by atoms with Gasteiger partial charge in [-0.05, 0) is 24.7 Å². The number of likely N-dealkylation sites (N-methyl/N-ethyl adjacent to an activating group) is 1. The molecule has 0 aliphatic heterocycles. The summed E-state index contributed by atoms with van der Waals surface area (Å²) in [6.07, 6.45) is 1.90. The van der Waals surface area contributed by atoms with Gasteiger partial charge in [0, 0.05) is 29.6 Å². The topological polar surface area (TPSA) is 16.1 Å². The van der Waals surface area contributed by atoms with Crippen molar-refractivity contribution in [1.29, 1.82) is 0 Å². The highest BCUT2D eigenvalue weighted by Gasteiger charge is 2.10. The molecule has 2 aromatic carbocycles. The van der Waals surface area contributed by atoms with Crippen molar-refractivity contribution >= 4 is 11.3 Å². The fourth-order valence-electron chi connectivity index (χ4n) is 2.54. The Morgan fingerprint density at radius 2 is 1.92 bits per heavy atom. The predicted octanol–water partition coefficient (Wildman–Crippen LogP) is 5.23. The highest BCUT2D eigenvalue weighted by molar-refractivity contribution is 7.13. The molecule has 24 heavy (non-hydrogen) atoms. The normalized spacial score (nSPS) is 11.0. The van der Waals surface area contributed by atoms with Gasteiger partial charge in [-0.1, -0.05) is 42.5 Å². The summed E-state index contributed by atoms with van der Waals surface area (Å²) < 4.78 is 13.9. The third kappa shape index (κ3) is 3.78. The van der Waals surface area contributed by atoms with E-state index in [1.54, 1.807) is 12.1 Å². The van der Waals surface area contributed by atoms with Crippen LogP contribution in [0.2, 0.25) is 0 Å². The van der Waals surface area contributed by atoms with E-state index in [0.717, 1.165) is 24.3 Å². The monoisotopic (exact) mass is 338 g/mol. The lowest BCUT2D eigenvalue weighted by atomic mass is 10.1. The second-order valence-electron chi connectivity index (χ2n) is 5.70. The molecule has 0 radical (unpaired) electrons. The maximum absolute atomic E-state index is 13.9. The summed E-state index contributed by atoms with van der Waals surface area (Å²) in [7, 11) is 2.07. The third-order valence-corrected chi connectivity index (χ3v) is 4.63. The first-order valence-corrected chi connectivity index (χ1v) is 8.64. The molecule has 0 N–H and O–H groups in total. The fraction of sp³-hybridized carbons (Fsp3) is 0.150. The van der Waals surface area contributed by atoms with Gasteiger partial charge in [0.1, 0.15) is 10.8 Å².